The second kappa shape index (κ2) is 5.40. The number of hydrogen-bond acceptors (Lipinski definition) is 2. The van der Waals surface area contributed by atoms with Gasteiger partial charge in [-0.15, -0.1) is 0 Å². The Labute approximate surface area is 109 Å². The summed E-state index contributed by atoms with van der Waals surface area (Å²) < 4.78 is 4.10. The first-order valence-corrected chi connectivity index (χ1v) is 6.41. The number of nitrogens with zero attached hydrogens (tertiary/aromatic N) is 3. The average molecular weight is 246 g/mol. The molecule has 0 saturated heterocycles. The Morgan fingerprint density at radius 3 is 2.50 bits per heavy atom. The van der Waals surface area contributed by atoms with E-state index in [2.05, 4.69) is 60.3 Å². The summed E-state index contributed by atoms with van der Waals surface area (Å²) in [6.45, 7) is 6.07. The van der Waals surface area contributed by atoms with Crippen molar-refractivity contribution in [2.24, 2.45) is 14.1 Å². The average Bonchev–Trinajstić information content (AvgIpc) is 2.87. The molecular weight excluding hydrogens is 224 g/mol. The first kappa shape index (κ1) is 12.9. The molecule has 0 saturated carbocycles. The van der Waals surface area contributed by atoms with Crippen LogP contribution >= 0.6 is 0 Å². The van der Waals surface area contributed by atoms with Crippen LogP contribution in [0.25, 0.3) is 0 Å². The second-order valence-electron chi connectivity index (χ2n) is 5.05. The van der Waals surface area contributed by atoms with Gasteiger partial charge in [0, 0.05) is 39.1 Å². The molecule has 4 heteroatoms. The predicted molar refractivity (Wildman–Crippen MR) is 73.3 cm³/mol. The molecule has 2 heterocycles. The predicted octanol–water partition coefficient (Wildman–Crippen LogP) is 2.17. The summed E-state index contributed by atoms with van der Waals surface area (Å²) in [5.41, 5.74) is 3.68. The van der Waals surface area contributed by atoms with E-state index in [1.807, 2.05) is 11.7 Å². The largest absolute Gasteiger partial charge is 0.353 e. The van der Waals surface area contributed by atoms with Gasteiger partial charge in [-0.1, -0.05) is 13.8 Å². The highest BCUT2D eigenvalue weighted by Gasteiger charge is 2.07. The zero-order valence-electron chi connectivity index (χ0n) is 11.6. The molecule has 0 radical (unpaired) electrons. The Bertz CT molecular complexity index is 508. The summed E-state index contributed by atoms with van der Waals surface area (Å²) in [5, 5.41) is 7.97. The Kier molecular flexibility index (Phi) is 3.87. The van der Waals surface area contributed by atoms with Gasteiger partial charge in [0.05, 0.1) is 11.4 Å². The lowest BCUT2D eigenvalue weighted by Crippen LogP contribution is -2.16. The van der Waals surface area contributed by atoms with E-state index >= 15 is 0 Å². The van der Waals surface area contributed by atoms with Gasteiger partial charge in [0.25, 0.3) is 0 Å². The summed E-state index contributed by atoms with van der Waals surface area (Å²) in [6, 6.07) is 6.39. The van der Waals surface area contributed by atoms with Crippen molar-refractivity contribution in [1.82, 2.24) is 19.7 Å². The molecule has 0 atom stereocenters. The van der Waals surface area contributed by atoms with E-state index in [1.165, 1.54) is 11.4 Å². The number of hydrogen-bond donors (Lipinski definition) is 1. The minimum absolute atomic E-state index is 0.484. The molecule has 0 aliphatic rings. The van der Waals surface area contributed by atoms with Crippen LogP contribution in [0.3, 0.4) is 0 Å². The lowest BCUT2D eigenvalue weighted by atomic mass is 10.1. The molecule has 0 unspecified atom stereocenters. The Morgan fingerprint density at radius 2 is 1.94 bits per heavy atom. The van der Waals surface area contributed by atoms with Gasteiger partial charge in [-0.2, -0.15) is 5.10 Å². The Balaban J connectivity index is 1.92. The number of aryl methyl sites for hydroxylation is 2. The van der Waals surface area contributed by atoms with E-state index in [0.29, 0.717) is 5.92 Å². The standard InChI is InChI=1S/C14H22N4/c1-11(2)14-8-13(18(4)16-14)10-15-9-12-6-5-7-17(12)3/h5-8,11,15H,9-10H2,1-4H3. The normalized spacial score (nSPS) is 11.4. The highest BCUT2D eigenvalue weighted by molar-refractivity contribution is 5.13. The van der Waals surface area contributed by atoms with Crippen LogP contribution < -0.4 is 5.32 Å². The summed E-state index contributed by atoms with van der Waals surface area (Å²) in [4.78, 5) is 0. The third kappa shape index (κ3) is 2.82. The van der Waals surface area contributed by atoms with Gasteiger partial charge >= 0.3 is 0 Å². The molecule has 0 spiro atoms. The molecule has 0 aromatic carbocycles. The lowest BCUT2D eigenvalue weighted by Gasteiger charge is -2.06. The quantitative estimate of drug-likeness (QED) is 0.877. The van der Waals surface area contributed by atoms with Crippen molar-refractivity contribution in [3.63, 3.8) is 0 Å². The van der Waals surface area contributed by atoms with Gasteiger partial charge in [0.2, 0.25) is 0 Å². The van der Waals surface area contributed by atoms with Gasteiger partial charge in [0.1, 0.15) is 0 Å². The fourth-order valence-electron chi connectivity index (χ4n) is 1.98. The van der Waals surface area contributed by atoms with Crippen LogP contribution in [0.5, 0.6) is 0 Å². The van der Waals surface area contributed by atoms with Crippen molar-refractivity contribution in [1.29, 1.82) is 0 Å². The van der Waals surface area contributed by atoms with Crippen molar-refractivity contribution in [2.75, 3.05) is 0 Å². The van der Waals surface area contributed by atoms with Gasteiger partial charge in [-0.25, -0.2) is 0 Å². The molecule has 2 rings (SSSR count). The van der Waals surface area contributed by atoms with Gasteiger partial charge in [0.15, 0.2) is 0 Å². The first-order valence-electron chi connectivity index (χ1n) is 6.41. The molecule has 18 heavy (non-hydrogen) atoms. The lowest BCUT2D eigenvalue weighted by molar-refractivity contribution is 0.605. The zero-order chi connectivity index (χ0) is 13.1. The Morgan fingerprint density at radius 1 is 1.22 bits per heavy atom. The molecule has 1 N–H and O–H groups in total. The maximum atomic E-state index is 4.51. The van der Waals surface area contributed by atoms with E-state index in [1.54, 1.807) is 0 Å². The Hall–Kier alpha value is -1.55. The molecule has 0 fully saturated rings. The molecule has 0 amide bonds. The fourth-order valence-corrected chi connectivity index (χ4v) is 1.98. The van der Waals surface area contributed by atoms with E-state index in [0.717, 1.165) is 18.8 Å². The molecule has 2 aromatic heterocycles. The van der Waals surface area contributed by atoms with E-state index in [9.17, 15) is 0 Å². The van der Waals surface area contributed by atoms with Crippen molar-refractivity contribution < 1.29 is 0 Å². The molecule has 98 valence electrons. The smallest absolute Gasteiger partial charge is 0.0653 e. The molecule has 0 aliphatic carbocycles. The van der Waals surface area contributed by atoms with E-state index < -0.39 is 0 Å². The molecule has 0 aliphatic heterocycles. The summed E-state index contributed by atoms with van der Waals surface area (Å²) in [5.74, 6) is 0.484. The third-order valence-electron chi connectivity index (χ3n) is 3.25. The monoisotopic (exact) mass is 246 g/mol. The maximum absolute atomic E-state index is 4.51. The second-order valence-corrected chi connectivity index (χ2v) is 5.05. The highest BCUT2D eigenvalue weighted by Crippen LogP contribution is 2.13. The molecule has 4 nitrogen and oxygen atoms in total. The highest BCUT2D eigenvalue weighted by atomic mass is 15.3. The van der Waals surface area contributed by atoms with Crippen LogP contribution in [-0.2, 0) is 27.2 Å². The number of rotatable bonds is 5. The summed E-state index contributed by atoms with van der Waals surface area (Å²) in [6.07, 6.45) is 2.07. The minimum Gasteiger partial charge on any atom is -0.353 e. The molecule has 2 aromatic rings. The van der Waals surface area contributed by atoms with Crippen molar-refractivity contribution in [3.05, 3.63) is 41.5 Å². The van der Waals surface area contributed by atoms with E-state index in [-0.39, 0.29) is 0 Å². The first-order chi connectivity index (χ1) is 8.58. The zero-order valence-corrected chi connectivity index (χ0v) is 11.6. The third-order valence-corrected chi connectivity index (χ3v) is 3.25. The molecule has 0 bridgehead atoms. The van der Waals surface area contributed by atoms with Crippen molar-refractivity contribution in [3.8, 4) is 0 Å². The SMILES string of the molecule is CC(C)c1cc(CNCc2cccn2C)n(C)n1. The number of aromatic nitrogens is 3. The maximum Gasteiger partial charge on any atom is 0.0653 e. The summed E-state index contributed by atoms with van der Waals surface area (Å²) in [7, 11) is 4.07. The van der Waals surface area contributed by atoms with Crippen molar-refractivity contribution in [2.45, 2.75) is 32.9 Å². The topological polar surface area (TPSA) is 34.8 Å². The summed E-state index contributed by atoms with van der Waals surface area (Å²) >= 11 is 0. The minimum atomic E-state index is 0.484. The van der Waals surface area contributed by atoms with Crippen LogP contribution in [0, 0.1) is 0 Å². The van der Waals surface area contributed by atoms with Crippen LogP contribution in [0.1, 0.15) is 36.8 Å². The fraction of sp³-hybridized carbons (Fsp3) is 0.500. The van der Waals surface area contributed by atoms with E-state index in [4.69, 9.17) is 0 Å². The van der Waals surface area contributed by atoms with Crippen LogP contribution in [0.15, 0.2) is 24.4 Å². The van der Waals surface area contributed by atoms with Crippen LogP contribution in [-0.4, -0.2) is 14.3 Å². The van der Waals surface area contributed by atoms with Gasteiger partial charge in [-0.3, -0.25) is 4.68 Å². The van der Waals surface area contributed by atoms with Crippen molar-refractivity contribution >= 4 is 0 Å². The van der Waals surface area contributed by atoms with Crippen LogP contribution in [0.4, 0.5) is 0 Å². The van der Waals surface area contributed by atoms with Gasteiger partial charge < -0.3 is 9.88 Å². The van der Waals surface area contributed by atoms with Gasteiger partial charge in [-0.05, 0) is 24.1 Å². The van der Waals surface area contributed by atoms with Crippen LogP contribution in [0.2, 0.25) is 0 Å². The molecular formula is C14H22N4. The number of nitrogens with one attached hydrogen (secondary N) is 1.